The molecule has 1 aliphatic carbocycles. The van der Waals surface area contributed by atoms with Gasteiger partial charge in [-0.05, 0) is 62.2 Å². The number of para-hydroxylation sites is 2. The molecule has 0 unspecified atom stereocenters. The average molecular weight is 377 g/mol. The third kappa shape index (κ3) is 4.81. The monoisotopic (exact) mass is 377 g/mol. The van der Waals surface area contributed by atoms with Crippen LogP contribution in [0.4, 0.5) is 0 Å². The highest BCUT2D eigenvalue weighted by Gasteiger charge is 2.28. The van der Waals surface area contributed by atoms with E-state index in [-0.39, 0.29) is 6.08 Å². The normalized spacial score (nSPS) is 13.6. The van der Waals surface area contributed by atoms with Crippen molar-refractivity contribution in [1.29, 1.82) is 5.26 Å². The number of hydrogen-bond acceptors (Lipinski definition) is 6. The largest absolute Gasteiger partial charge is 0.492 e. The number of oxazole rings is 1. The van der Waals surface area contributed by atoms with Crippen molar-refractivity contribution in [3.05, 3.63) is 48.5 Å². The summed E-state index contributed by atoms with van der Waals surface area (Å²) in [5, 5.41) is 8.70. The number of unbranched alkanes of at least 4 members (excludes halogenated alkanes) is 1. The Bertz CT molecular complexity index is 909. The quantitative estimate of drug-likeness (QED) is 0.474. The smallest absolute Gasteiger partial charge is 0.400 e. The van der Waals surface area contributed by atoms with Crippen LogP contribution in [-0.2, 0) is 0 Å². The van der Waals surface area contributed by atoms with Gasteiger partial charge in [-0.25, -0.2) is 0 Å². The summed E-state index contributed by atoms with van der Waals surface area (Å²) < 4.78 is 17.1. The maximum absolute atomic E-state index is 8.70. The summed E-state index contributed by atoms with van der Waals surface area (Å²) in [7, 11) is 0. The van der Waals surface area contributed by atoms with E-state index in [1.165, 1.54) is 12.8 Å². The van der Waals surface area contributed by atoms with Crippen molar-refractivity contribution in [2.24, 2.45) is 0 Å². The van der Waals surface area contributed by atoms with Crippen LogP contribution in [0.15, 0.2) is 52.9 Å². The summed E-state index contributed by atoms with van der Waals surface area (Å²) in [5.74, 6) is 1.45. The fraction of sp³-hybridized carbons (Fsp3) is 0.364. The number of hydrogen-bond donors (Lipinski definition) is 0. The molecular formula is C22H23N3O3. The van der Waals surface area contributed by atoms with Crippen LogP contribution in [0.2, 0.25) is 0 Å². The number of nitriles is 1. The maximum Gasteiger partial charge on any atom is 0.400 e. The molecule has 1 aromatic heterocycles. The maximum atomic E-state index is 8.70. The second-order valence-corrected chi connectivity index (χ2v) is 6.90. The van der Waals surface area contributed by atoms with E-state index in [2.05, 4.69) is 16.0 Å². The van der Waals surface area contributed by atoms with Crippen molar-refractivity contribution in [1.82, 2.24) is 9.88 Å². The molecule has 0 N–H and O–H groups in total. The molecular weight excluding hydrogens is 354 g/mol. The number of aromatic nitrogens is 1. The summed E-state index contributed by atoms with van der Waals surface area (Å²) in [4.78, 5) is 6.74. The molecule has 4 rings (SSSR count). The highest BCUT2D eigenvalue weighted by molar-refractivity contribution is 5.72. The fourth-order valence-electron chi connectivity index (χ4n) is 3.16. The Morgan fingerprint density at radius 1 is 1.07 bits per heavy atom. The minimum atomic E-state index is 0.229. The van der Waals surface area contributed by atoms with Crippen molar-refractivity contribution in [2.45, 2.75) is 31.7 Å². The number of ether oxygens (including phenoxy) is 2. The van der Waals surface area contributed by atoms with Crippen molar-refractivity contribution >= 4 is 11.1 Å². The topological polar surface area (TPSA) is 71.5 Å². The van der Waals surface area contributed by atoms with Gasteiger partial charge in [0.15, 0.2) is 5.58 Å². The molecule has 0 amide bonds. The van der Waals surface area contributed by atoms with E-state index >= 15 is 0 Å². The van der Waals surface area contributed by atoms with E-state index in [4.69, 9.17) is 19.2 Å². The Balaban J connectivity index is 1.26. The summed E-state index contributed by atoms with van der Waals surface area (Å²) >= 11 is 0. The van der Waals surface area contributed by atoms with Crippen LogP contribution in [-0.4, -0.2) is 35.6 Å². The molecule has 0 aliphatic heterocycles. The van der Waals surface area contributed by atoms with Gasteiger partial charge in [-0.15, -0.1) is 0 Å². The summed E-state index contributed by atoms with van der Waals surface area (Å²) in [6.07, 6.45) is 4.29. The molecule has 3 aromatic rings. The van der Waals surface area contributed by atoms with Crippen molar-refractivity contribution in [2.75, 3.05) is 19.7 Å². The summed E-state index contributed by atoms with van der Waals surface area (Å²) in [6.45, 7) is 2.49. The molecule has 1 aliphatic rings. The minimum absolute atomic E-state index is 0.229. The van der Waals surface area contributed by atoms with Gasteiger partial charge < -0.3 is 13.9 Å². The first kappa shape index (κ1) is 18.3. The van der Waals surface area contributed by atoms with Crippen LogP contribution in [0, 0.1) is 11.3 Å². The molecule has 0 bridgehead atoms. The number of nitrogens with zero attached hydrogens (tertiary/aromatic N) is 3. The molecule has 0 spiro atoms. The van der Waals surface area contributed by atoms with Crippen molar-refractivity contribution in [3.8, 4) is 23.6 Å². The van der Waals surface area contributed by atoms with E-state index < -0.39 is 0 Å². The molecule has 1 saturated carbocycles. The van der Waals surface area contributed by atoms with Gasteiger partial charge >= 0.3 is 6.08 Å². The number of fused-ring (bicyclic) bond motifs is 1. The van der Waals surface area contributed by atoms with Crippen LogP contribution >= 0.6 is 0 Å². The standard InChI is InChI=1S/C22H23N3O3/c23-13-3-4-14-25(17-7-8-17)15-16-26-18-9-11-19(12-10-18)27-22-24-20-5-1-2-6-21(20)28-22/h1-2,5-6,9-12,17H,3-4,7-8,14-16H2. The van der Waals surface area contributed by atoms with Crippen LogP contribution in [0.25, 0.3) is 11.1 Å². The predicted octanol–water partition coefficient (Wildman–Crippen LogP) is 4.77. The van der Waals surface area contributed by atoms with E-state index in [1.54, 1.807) is 0 Å². The molecule has 1 fully saturated rings. The molecule has 2 aromatic carbocycles. The second-order valence-electron chi connectivity index (χ2n) is 6.90. The lowest BCUT2D eigenvalue weighted by Crippen LogP contribution is -2.31. The zero-order chi connectivity index (χ0) is 19.2. The first-order valence-electron chi connectivity index (χ1n) is 9.69. The van der Waals surface area contributed by atoms with E-state index in [9.17, 15) is 0 Å². The van der Waals surface area contributed by atoms with Gasteiger partial charge in [-0.2, -0.15) is 10.2 Å². The molecule has 0 saturated heterocycles. The first-order valence-corrected chi connectivity index (χ1v) is 9.69. The Morgan fingerprint density at radius 2 is 1.86 bits per heavy atom. The van der Waals surface area contributed by atoms with Crippen LogP contribution in [0.1, 0.15) is 25.7 Å². The SMILES string of the molecule is N#CCCCN(CCOc1ccc(Oc2nc3ccccc3o2)cc1)C1CC1. The molecule has 6 heteroatoms. The summed E-state index contributed by atoms with van der Waals surface area (Å²) in [5.41, 5.74) is 1.47. The third-order valence-corrected chi connectivity index (χ3v) is 4.75. The summed E-state index contributed by atoms with van der Waals surface area (Å²) in [6, 6.07) is 17.9. The molecule has 0 radical (unpaired) electrons. The van der Waals surface area contributed by atoms with Gasteiger partial charge in [0.1, 0.15) is 23.6 Å². The second kappa shape index (κ2) is 8.77. The molecule has 28 heavy (non-hydrogen) atoms. The third-order valence-electron chi connectivity index (χ3n) is 4.75. The molecule has 0 atom stereocenters. The highest BCUT2D eigenvalue weighted by atomic mass is 16.6. The Hall–Kier alpha value is -3.04. The molecule has 144 valence electrons. The van der Waals surface area contributed by atoms with E-state index in [0.717, 1.165) is 30.8 Å². The van der Waals surface area contributed by atoms with Gasteiger partial charge in [0.25, 0.3) is 0 Å². The van der Waals surface area contributed by atoms with Crippen LogP contribution < -0.4 is 9.47 Å². The van der Waals surface area contributed by atoms with E-state index in [1.807, 2.05) is 48.5 Å². The van der Waals surface area contributed by atoms with E-state index in [0.29, 0.717) is 30.4 Å². The first-order chi connectivity index (χ1) is 13.8. The Labute approximate surface area is 164 Å². The highest BCUT2D eigenvalue weighted by Crippen LogP contribution is 2.28. The van der Waals surface area contributed by atoms with Gasteiger partial charge in [-0.1, -0.05) is 12.1 Å². The number of rotatable bonds is 10. The van der Waals surface area contributed by atoms with Gasteiger partial charge in [0.05, 0.1) is 6.07 Å². The van der Waals surface area contributed by atoms with Crippen molar-refractivity contribution < 1.29 is 13.9 Å². The van der Waals surface area contributed by atoms with Gasteiger partial charge in [-0.3, -0.25) is 4.90 Å². The molecule has 6 nitrogen and oxygen atoms in total. The van der Waals surface area contributed by atoms with Crippen LogP contribution in [0.5, 0.6) is 17.6 Å². The predicted molar refractivity (Wildman–Crippen MR) is 105 cm³/mol. The zero-order valence-corrected chi connectivity index (χ0v) is 15.7. The zero-order valence-electron chi connectivity index (χ0n) is 15.7. The lowest BCUT2D eigenvalue weighted by atomic mass is 10.3. The molecule has 1 heterocycles. The van der Waals surface area contributed by atoms with Crippen molar-refractivity contribution in [3.63, 3.8) is 0 Å². The number of benzene rings is 2. The Morgan fingerprint density at radius 3 is 2.61 bits per heavy atom. The minimum Gasteiger partial charge on any atom is -0.492 e. The Kier molecular flexibility index (Phi) is 5.74. The fourth-order valence-corrected chi connectivity index (χ4v) is 3.16. The lowest BCUT2D eigenvalue weighted by molar-refractivity contribution is 0.200. The average Bonchev–Trinajstić information content (AvgIpc) is 3.48. The van der Waals surface area contributed by atoms with Gasteiger partial charge in [0, 0.05) is 19.0 Å². The van der Waals surface area contributed by atoms with Crippen LogP contribution in [0.3, 0.4) is 0 Å². The lowest BCUT2D eigenvalue weighted by Gasteiger charge is -2.21. The van der Waals surface area contributed by atoms with Gasteiger partial charge in [0.2, 0.25) is 0 Å².